The number of esters is 2. The Hall–Kier alpha value is -1.28. The molecule has 0 saturated heterocycles. The maximum atomic E-state index is 11.4. The van der Waals surface area contributed by atoms with Gasteiger partial charge in [-0.25, -0.2) is 9.59 Å². The molecule has 0 aromatic heterocycles. The molecule has 0 aliphatic carbocycles. The Morgan fingerprint density at radius 3 is 2.44 bits per heavy atom. The summed E-state index contributed by atoms with van der Waals surface area (Å²) in [6.45, 7) is 2.52. The Balaban J connectivity index is 4.05. The topological polar surface area (TPSA) is 102 Å². The molecular formula is C10H17NO6S. The van der Waals surface area contributed by atoms with Crippen molar-refractivity contribution in [3.63, 3.8) is 0 Å². The van der Waals surface area contributed by atoms with Crippen LogP contribution in [0.2, 0.25) is 0 Å². The Bertz CT molecular complexity index is 309. The molecule has 0 rings (SSSR count). The van der Waals surface area contributed by atoms with E-state index in [0.717, 1.165) is 0 Å². The quantitative estimate of drug-likeness (QED) is 0.245. The van der Waals surface area contributed by atoms with Crippen molar-refractivity contribution >= 4 is 30.5 Å². The number of nitrogens with one attached hydrogen (secondary N) is 1. The fourth-order valence-corrected chi connectivity index (χ4v) is 1.14. The SMILES string of the molecule is CC(=O)NC(S)C(=O)OC(C)C(=O)OCCCO. The van der Waals surface area contributed by atoms with Crippen LogP contribution in [0.1, 0.15) is 20.3 Å². The summed E-state index contributed by atoms with van der Waals surface area (Å²) in [5.74, 6) is -2.01. The summed E-state index contributed by atoms with van der Waals surface area (Å²) in [4.78, 5) is 33.3. The first-order valence-corrected chi connectivity index (χ1v) is 5.83. The van der Waals surface area contributed by atoms with Crippen molar-refractivity contribution < 1.29 is 29.0 Å². The van der Waals surface area contributed by atoms with Gasteiger partial charge in [-0.1, -0.05) is 0 Å². The summed E-state index contributed by atoms with van der Waals surface area (Å²) in [6.07, 6.45) is -0.785. The van der Waals surface area contributed by atoms with Gasteiger partial charge in [0.05, 0.1) is 6.61 Å². The minimum Gasteiger partial charge on any atom is -0.463 e. The summed E-state index contributed by atoms with van der Waals surface area (Å²) in [5, 5.41) is 9.57. The molecule has 0 aromatic carbocycles. The molecule has 0 heterocycles. The number of rotatable bonds is 7. The van der Waals surface area contributed by atoms with Gasteiger partial charge in [0.2, 0.25) is 5.91 Å². The van der Waals surface area contributed by atoms with E-state index in [2.05, 4.69) is 17.9 Å². The first-order valence-electron chi connectivity index (χ1n) is 5.31. The lowest BCUT2D eigenvalue weighted by molar-refractivity contribution is -0.166. The lowest BCUT2D eigenvalue weighted by Crippen LogP contribution is -2.39. The molecule has 2 N–H and O–H groups in total. The molecule has 0 radical (unpaired) electrons. The molecule has 8 heteroatoms. The van der Waals surface area contributed by atoms with Crippen LogP contribution in [0.15, 0.2) is 0 Å². The van der Waals surface area contributed by atoms with Crippen LogP contribution in [0, 0.1) is 0 Å². The molecule has 104 valence electrons. The molecule has 0 saturated carbocycles. The standard InChI is InChI=1S/C10H17NO6S/c1-6(9(14)16-5-3-4-12)17-10(15)8(18)11-7(2)13/h6,8,12,18H,3-5H2,1-2H3,(H,11,13). The predicted octanol–water partition coefficient (Wildman–Crippen LogP) is -0.764. The van der Waals surface area contributed by atoms with Gasteiger partial charge in [-0.3, -0.25) is 4.79 Å². The number of hydrogen-bond acceptors (Lipinski definition) is 7. The zero-order valence-corrected chi connectivity index (χ0v) is 11.1. The molecule has 7 nitrogen and oxygen atoms in total. The summed E-state index contributed by atoms with van der Waals surface area (Å²) in [7, 11) is 0. The van der Waals surface area contributed by atoms with Gasteiger partial charge >= 0.3 is 11.9 Å². The van der Waals surface area contributed by atoms with Crippen LogP contribution in [0.25, 0.3) is 0 Å². The summed E-state index contributed by atoms with van der Waals surface area (Å²) >= 11 is 3.80. The van der Waals surface area contributed by atoms with Crippen LogP contribution in [0.3, 0.4) is 0 Å². The van der Waals surface area contributed by atoms with Crippen LogP contribution in [-0.4, -0.2) is 47.6 Å². The highest BCUT2D eigenvalue weighted by atomic mass is 32.1. The number of carbonyl (C=O) groups is 3. The molecular weight excluding hydrogens is 262 g/mol. The molecule has 2 unspecified atom stereocenters. The molecule has 0 spiro atoms. The third kappa shape index (κ3) is 7.13. The van der Waals surface area contributed by atoms with Crippen molar-refractivity contribution in [2.24, 2.45) is 0 Å². The second-order valence-corrected chi connectivity index (χ2v) is 3.94. The number of carbonyl (C=O) groups excluding carboxylic acids is 3. The van der Waals surface area contributed by atoms with Crippen LogP contribution >= 0.6 is 12.6 Å². The van der Waals surface area contributed by atoms with Crippen molar-refractivity contribution in [3.05, 3.63) is 0 Å². The normalized spacial score (nSPS) is 13.3. The second-order valence-electron chi connectivity index (χ2n) is 3.43. The number of ether oxygens (including phenoxy) is 2. The molecule has 1 amide bonds. The average molecular weight is 279 g/mol. The zero-order chi connectivity index (χ0) is 14.1. The fraction of sp³-hybridized carbons (Fsp3) is 0.700. The Morgan fingerprint density at radius 1 is 1.33 bits per heavy atom. The van der Waals surface area contributed by atoms with Gasteiger partial charge in [0.25, 0.3) is 0 Å². The van der Waals surface area contributed by atoms with Crippen LogP contribution in [0.5, 0.6) is 0 Å². The zero-order valence-electron chi connectivity index (χ0n) is 10.2. The predicted molar refractivity (Wildman–Crippen MR) is 64.8 cm³/mol. The van der Waals surface area contributed by atoms with E-state index in [4.69, 9.17) is 14.6 Å². The van der Waals surface area contributed by atoms with E-state index in [9.17, 15) is 14.4 Å². The lowest BCUT2D eigenvalue weighted by atomic mass is 10.4. The minimum atomic E-state index is -1.13. The Morgan fingerprint density at radius 2 is 1.94 bits per heavy atom. The van der Waals surface area contributed by atoms with E-state index in [1.54, 1.807) is 0 Å². The molecule has 0 bridgehead atoms. The minimum absolute atomic E-state index is 0.0488. The average Bonchev–Trinajstić information content (AvgIpc) is 2.28. The van der Waals surface area contributed by atoms with Gasteiger partial charge in [-0.2, -0.15) is 0 Å². The highest BCUT2D eigenvalue weighted by Crippen LogP contribution is 2.01. The third-order valence-corrected chi connectivity index (χ3v) is 2.07. The maximum Gasteiger partial charge on any atom is 0.347 e. The fourth-order valence-electron chi connectivity index (χ4n) is 0.893. The lowest BCUT2D eigenvalue weighted by Gasteiger charge is -2.15. The molecule has 0 aliphatic heterocycles. The van der Waals surface area contributed by atoms with Gasteiger partial charge in [-0.05, 0) is 6.92 Å². The van der Waals surface area contributed by atoms with Crippen molar-refractivity contribution in [1.29, 1.82) is 0 Å². The van der Waals surface area contributed by atoms with Crippen molar-refractivity contribution in [3.8, 4) is 0 Å². The van der Waals surface area contributed by atoms with E-state index in [0.29, 0.717) is 6.42 Å². The van der Waals surface area contributed by atoms with E-state index < -0.39 is 29.3 Å². The van der Waals surface area contributed by atoms with E-state index >= 15 is 0 Å². The van der Waals surface area contributed by atoms with Crippen LogP contribution < -0.4 is 5.32 Å². The number of hydrogen-bond donors (Lipinski definition) is 3. The smallest absolute Gasteiger partial charge is 0.347 e. The number of amides is 1. The largest absolute Gasteiger partial charge is 0.463 e. The molecule has 18 heavy (non-hydrogen) atoms. The molecule has 0 fully saturated rings. The molecule has 0 aliphatic rings. The van der Waals surface area contributed by atoms with E-state index in [1.165, 1.54) is 13.8 Å². The first kappa shape index (κ1) is 16.7. The van der Waals surface area contributed by atoms with Crippen molar-refractivity contribution in [1.82, 2.24) is 5.32 Å². The van der Waals surface area contributed by atoms with Crippen molar-refractivity contribution in [2.75, 3.05) is 13.2 Å². The highest BCUT2D eigenvalue weighted by Gasteiger charge is 2.23. The third-order valence-electron chi connectivity index (χ3n) is 1.73. The van der Waals surface area contributed by atoms with Gasteiger partial charge in [0.15, 0.2) is 11.5 Å². The molecule has 0 aromatic rings. The summed E-state index contributed by atoms with van der Waals surface area (Å²) in [6, 6.07) is 0. The Kier molecular flexibility index (Phi) is 8.14. The van der Waals surface area contributed by atoms with Gasteiger partial charge in [-0.15, -0.1) is 12.6 Å². The Labute approximate surface area is 110 Å². The second kappa shape index (κ2) is 8.76. The van der Waals surface area contributed by atoms with E-state index in [-0.39, 0.29) is 13.2 Å². The maximum absolute atomic E-state index is 11.4. The number of thiol groups is 1. The summed E-state index contributed by atoms with van der Waals surface area (Å²) < 4.78 is 9.46. The first-order chi connectivity index (χ1) is 8.38. The van der Waals surface area contributed by atoms with Gasteiger partial charge < -0.3 is 19.9 Å². The monoisotopic (exact) mass is 279 g/mol. The number of aliphatic hydroxyl groups is 1. The molecule has 2 atom stereocenters. The van der Waals surface area contributed by atoms with E-state index in [1.807, 2.05) is 0 Å². The van der Waals surface area contributed by atoms with Crippen molar-refractivity contribution in [2.45, 2.75) is 31.7 Å². The van der Waals surface area contributed by atoms with Crippen LogP contribution in [-0.2, 0) is 23.9 Å². The summed E-state index contributed by atoms with van der Waals surface area (Å²) in [5.41, 5.74) is 0. The highest BCUT2D eigenvalue weighted by molar-refractivity contribution is 7.81. The van der Waals surface area contributed by atoms with Gasteiger partial charge in [0.1, 0.15) is 0 Å². The van der Waals surface area contributed by atoms with Gasteiger partial charge in [0, 0.05) is 20.0 Å². The van der Waals surface area contributed by atoms with Crippen LogP contribution in [0.4, 0.5) is 0 Å². The number of aliphatic hydroxyl groups excluding tert-OH is 1.